The van der Waals surface area contributed by atoms with E-state index in [1.807, 2.05) is 0 Å². The third-order valence-electron chi connectivity index (χ3n) is 3.59. The molecular formula is C17H11ClF4N4O3. The summed E-state index contributed by atoms with van der Waals surface area (Å²) in [7, 11) is 0. The quantitative estimate of drug-likeness (QED) is 0.476. The maximum Gasteiger partial charge on any atom is 0.487 e. The topological polar surface area (TPSA) is 78.2 Å². The standard InChI is InChI=1S/C17H11ClF4N4O3/c18-17(21,22)29-13-4-2-11(3-5-13)24-15(28)10-1-6-14(27)25(8-10)12-7-23-26(9-12)16(19)20/h1-9,16H,(H,24,28). The summed E-state index contributed by atoms with van der Waals surface area (Å²) in [6, 6.07) is 7.29. The van der Waals surface area contributed by atoms with Gasteiger partial charge < -0.3 is 10.1 Å². The fraction of sp³-hybridized carbons (Fsp3) is 0.118. The number of pyridine rings is 1. The van der Waals surface area contributed by atoms with E-state index in [1.54, 1.807) is 0 Å². The van der Waals surface area contributed by atoms with Crippen molar-refractivity contribution in [1.82, 2.24) is 14.3 Å². The molecule has 0 saturated carbocycles. The van der Waals surface area contributed by atoms with Crippen LogP contribution in [0.5, 0.6) is 5.75 Å². The second kappa shape index (κ2) is 7.95. The molecule has 1 amide bonds. The van der Waals surface area contributed by atoms with Gasteiger partial charge in [0.25, 0.3) is 11.5 Å². The van der Waals surface area contributed by atoms with Gasteiger partial charge in [0, 0.05) is 29.6 Å². The van der Waals surface area contributed by atoms with Crippen molar-refractivity contribution in [3.05, 3.63) is 70.9 Å². The van der Waals surface area contributed by atoms with Crippen LogP contribution in [0.4, 0.5) is 23.2 Å². The molecule has 29 heavy (non-hydrogen) atoms. The van der Waals surface area contributed by atoms with Gasteiger partial charge in [0.2, 0.25) is 0 Å². The largest absolute Gasteiger partial charge is 0.487 e. The molecule has 0 radical (unpaired) electrons. The molecule has 3 aromatic rings. The lowest BCUT2D eigenvalue weighted by atomic mass is 10.2. The minimum atomic E-state index is -3.86. The van der Waals surface area contributed by atoms with Crippen molar-refractivity contribution < 1.29 is 27.1 Å². The highest BCUT2D eigenvalue weighted by Crippen LogP contribution is 2.26. The van der Waals surface area contributed by atoms with Crippen molar-refractivity contribution in [2.75, 3.05) is 5.32 Å². The SMILES string of the molecule is O=C(Nc1ccc(OC(F)(F)Cl)cc1)c1ccc(=O)n(-c2cnn(C(F)F)c2)c1. The van der Waals surface area contributed by atoms with Gasteiger partial charge in [-0.1, -0.05) is 0 Å². The first kappa shape index (κ1) is 20.4. The number of benzene rings is 1. The highest BCUT2D eigenvalue weighted by Gasteiger charge is 2.27. The molecule has 0 fully saturated rings. The summed E-state index contributed by atoms with van der Waals surface area (Å²) in [5.41, 5.74) is -4.07. The number of amides is 1. The molecule has 2 heterocycles. The van der Waals surface area contributed by atoms with Crippen LogP contribution in [0.3, 0.4) is 0 Å². The monoisotopic (exact) mass is 430 g/mol. The van der Waals surface area contributed by atoms with E-state index in [0.29, 0.717) is 4.68 Å². The van der Waals surface area contributed by atoms with Crippen LogP contribution in [0, 0.1) is 0 Å². The second-order valence-electron chi connectivity index (χ2n) is 5.61. The van der Waals surface area contributed by atoms with Gasteiger partial charge in [-0.05, 0) is 30.3 Å². The molecule has 0 aliphatic rings. The number of alkyl halides is 5. The number of carbonyl (C=O) groups is 1. The van der Waals surface area contributed by atoms with E-state index in [0.717, 1.165) is 29.2 Å². The lowest BCUT2D eigenvalue weighted by Gasteiger charge is -2.11. The number of aromatic nitrogens is 3. The summed E-state index contributed by atoms with van der Waals surface area (Å²) in [4.78, 5) is 24.4. The maximum atomic E-state index is 12.7. The van der Waals surface area contributed by atoms with Crippen LogP contribution in [0.25, 0.3) is 5.69 Å². The van der Waals surface area contributed by atoms with Gasteiger partial charge in [-0.15, -0.1) is 8.78 Å². The van der Waals surface area contributed by atoms with Crippen molar-refractivity contribution in [2.24, 2.45) is 0 Å². The average Bonchev–Trinajstić information content (AvgIpc) is 3.12. The number of nitrogens with zero attached hydrogens (tertiary/aromatic N) is 3. The molecule has 3 rings (SSSR count). The lowest BCUT2D eigenvalue weighted by Crippen LogP contribution is -2.20. The molecule has 0 aliphatic carbocycles. The van der Waals surface area contributed by atoms with E-state index in [-0.39, 0.29) is 22.7 Å². The van der Waals surface area contributed by atoms with E-state index in [1.165, 1.54) is 30.3 Å². The molecule has 0 spiro atoms. The summed E-state index contributed by atoms with van der Waals surface area (Å²) >= 11 is 4.67. The summed E-state index contributed by atoms with van der Waals surface area (Å²) in [5, 5.41) is 5.94. The molecule has 0 aliphatic heterocycles. The van der Waals surface area contributed by atoms with Crippen molar-refractivity contribution in [3.63, 3.8) is 0 Å². The highest BCUT2D eigenvalue weighted by molar-refractivity contribution is 6.20. The highest BCUT2D eigenvalue weighted by atomic mass is 35.5. The van der Waals surface area contributed by atoms with E-state index in [4.69, 9.17) is 0 Å². The molecule has 0 saturated heterocycles. The number of ether oxygens (including phenoxy) is 1. The molecular weight excluding hydrogens is 420 g/mol. The minimum absolute atomic E-state index is 0.0435. The maximum absolute atomic E-state index is 12.7. The molecule has 2 aromatic heterocycles. The number of carbonyl (C=O) groups excluding carboxylic acids is 1. The van der Waals surface area contributed by atoms with Crippen molar-refractivity contribution in [1.29, 1.82) is 0 Å². The first-order chi connectivity index (χ1) is 13.6. The molecule has 0 unspecified atom stereocenters. The summed E-state index contributed by atoms with van der Waals surface area (Å²) in [6.45, 7) is -2.88. The fourth-order valence-electron chi connectivity index (χ4n) is 2.33. The van der Waals surface area contributed by atoms with E-state index < -0.39 is 23.6 Å². The number of hydrogen-bond donors (Lipinski definition) is 1. The van der Waals surface area contributed by atoms with Gasteiger partial charge in [0.1, 0.15) is 5.75 Å². The zero-order chi connectivity index (χ0) is 21.2. The third kappa shape index (κ3) is 5.13. The summed E-state index contributed by atoms with van der Waals surface area (Å²) in [5.74, 6) is -0.844. The van der Waals surface area contributed by atoms with E-state index >= 15 is 0 Å². The summed E-state index contributed by atoms with van der Waals surface area (Å²) < 4.78 is 56.0. The Hall–Kier alpha value is -3.34. The Morgan fingerprint density at radius 2 is 1.83 bits per heavy atom. The molecule has 0 atom stereocenters. The normalized spacial score (nSPS) is 11.5. The zero-order valence-electron chi connectivity index (χ0n) is 14.2. The number of hydrogen-bond acceptors (Lipinski definition) is 4. The van der Waals surface area contributed by atoms with Crippen LogP contribution in [-0.2, 0) is 0 Å². The smallest absolute Gasteiger partial charge is 0.420 e. The van der Waals surface area contributed by atoms with Gasteiger partial charge >= 0.3 is 12.1 Å². The van der Waals surface area contributed by atoms with E-state index in [9.17, 15) is 27.2 Å². The van der Waals surface area contributed by atoms with Crippen molar-refractivity contribution in [2.45, 2.75) is 12.1 Å². The van der Waals surface area contributed by atoms with Crippen LogP contribution < -0.4 is 15.6 Å². The summed E-state index contributed by atoms with van der Waals surface area (Å²) in [6.07, 6.45) is 3.18. The molecule has 152 valence electrons. The minimum Gasteiger partial charge on any atom is -0.420 e. The van der Waals surface area contributed by atoms with Gasteiger partial charge in [-0.2, -0.15) is 13.9 Å². The molecule has 0 bridgehead atoms. The number of halogens is 5. The van der Waals surface area contributed by atoms with Crippen molar-refractivity contribution in [3.8, 4) is 11.4 Å². The number of rotatable bonds is 6. The van der Waals surface area contributed by atoms with Crippen molar-refractivity contribution >= 4 is 23.2 Å². The Morgan fingerprint density at radius 1 is 1.14 bits per heavy atom. The van der Waals surface area contributed by atoms with Crippen LogP contribution >= 0.6 is 11.6 Å². The predicted octanol–water partition coefficient (Wildman–Crippen LogP) is 3.85. The first-order valence-corrected chi connectivity index (χ1v) is 8.23. The van der Waals surface area contributed by atoms with Gasteiger partial charge in [0.05, 0.1) is 23.6 Å². The second-order valence-corrected chi connectivity index (χ2v) is 6.05. The Morgan fingerprint density at radius 3 is 2.41 bits per heavy atom. The zero-order valence-corrected chi connectivity index (χ0v) is 15.0. The lowest BCUT2D eigenvalue weighted by molar-refractivity contribution is -0.0964. The average molecular weight is 431 g/mol. The molecule has 7 nitrogen and oxygen atoms in total. The third-order valence-corrected chi connectivity index (χ3v) is 3.66. The van der Waals surface area contributed by atoms with Crippen LogP contribution in [0.1, 0.15) is 16.9 Å². The predicted molar refractivity (Wildman–Crippen MR) is 94.9 cm³/mol. The molecule has 1 aromatic carbocycles. The Labute approximate surface area is 165 Å². The van der Waals surface area contributed by atoms with Crippen LogP contribution in [0.2, 0.25) is 0 Å². The van der Waals surface area contributed by atoms with E-state index in [2.05, 4.69) is 26.8 Å². The molecule has 1 N–H and O–H groups in total. The first-order valence-electron chi connectivity index (χ1n) is 7.85. The van der Waals surface area contributed by atoms with Crippen LogP contribution in [-0.4, -0.2) is 25.8 Å². The fourth-order valence-corrected chi connectivity index (χ4v) is 2.41. The van der Waals surface area contributed by atoms with Gasteiger partial charge in [-0.3, -0.25) is 14.2 Å². The Balaban J connectivity index is 1.78. The Kier molecular flexibility index (Phi) is 5.59. The van der Waals surface area contributed by atoms with Gasteiger partial charge in [-0.25, -0.2) is 4.68 Å². The number of nitrogens with one attached hydrogen (secondary N) is 1. The van der Waals surface area contributed by atoms with Gasteiger partial charge in [0.15, 0.2) is 0 Å². The Bertz CT molecular complexity index is 1080. The number of anilines is 1. The van der Waals surface area contributed by atoms with Crippen LogP contribution in [0.15, 0.2) is 59.8 Å². The molecule has 12 heteroatoms.